The van der Waals surface area contributed by atoms with Crippen molar-refractivity contribution in [3.63, 3.8) is 0 Å². The highest BCUT2D eigenvalue weighted by Crippen LogP contribution is 2.13. The summed E-state index contributed by atoms with van der Waals surface area (Å²) in [6.45, 7) is 4.60. The summed E-state index contributed by atoms with van der Waals surface area (Å²) in [6.07, 6.45) is 1.73. The van der Waals surface area contributed by atoms with Crippen LogP contribution in [0.4, 0.5) is 5.95 Å². The molecule has 2 heterocycles. The van der Waals surface area contributed by atoms with Gasteiger partial charge in [-0.25, -0.2) is 9.67 Å². The summed E-state index contributed by atoms with van der Waals surface area (Å²) in [5.74, 6) is 1.32. The van der Waals surface area contributed by atoms with E-state index in [-0.39, 0.29) is 0 Å². The molecule has 6 heteroatoms. The Morgan fingerprint density at radius 1 is 1.14 bits per heavy atom. The maximum atomic E-state index is 5.88. The van der Waals surface area contributed by atoms with Crippen molar-refractivity contribution in [3.8, 4) is 5.82 Å². The Balaban J connectivity index is 1.76. The van der Waals surface area contributed by atoms with E-state index in [0.29, 0.717) is 12.5 Å². The summed E-state index contributed by atoms with van der Waals surface area (Å²) in [6, 6.07) is 11.5. The van der Waals surface area contributed by atoms with E-state index in [2.05, 4.69) is 20.4 Å². The van der Waals surface area contributed by atoms with Crippen LogP contribution in [0.3, 0.4) is 0 Å². The first-order valence-electron chi connectivity index (χ1n) is 6.97. The molecule has 0 aliphatic heterocycles. The van der Waals surface area contributed by atoms with Crippen molar-refractivity contribution in [1.29, 1.82) is 0 Å². The van der Waals surface area contributed by atoms with Gasteiger partial charge in [-0.05, 0) is 37.6 Å². The van der Waals surface area contributed by atoms with Gasteiger partial charge in [-0.15, -0.1) is 0 Å². The van der Waals surface area contributed by atoms with E-state index >= 15 is 0 Å². The summed E-state index contributed by atoms with van der Waals surface area (Å²) < 4.78 is 1.81. The van der Waals surface area contributed by atoms with E-state index in [1.165, 1.54) is 0 Å². The Bertz CT molecular complexity index is 779. The highest BCUT2D eigenvalue weighted by Gasteiger charge is 2.06. The second-order valence-corrected chi connectivity index (χ2v) is 5.49. The van der Waals surface area contributed by atoms with Gasteiger partial charge in [0.05, 0.1) is 5.69 Å². The van der Waals surface area contributed by atoms with Gasteiger partial charge >= 0.3 is 0 Å². The Morgan fingerprint density at radius 2 is 1.91 bits per heavy atom. The quantitative estimate of drug-likeness (QED) is 0.800. The van der Waals surface area contributed by atoms with Crippen LogP contribution in [-0.2, 0) is 6.54 Å². The molecule has 0 saturated carbocycles. The minimum absolute atomic E-state index is 0.569. The van der Waals surface area contributed by atoms with E-state index in [9.17, 15) is 0 Å². The van der Waals surface area contributed by atoms with Crippen LogP contribution in [-0.4, -0.2) is 19.7 Å². The van der Waals surface area contributed by atoms with Crippen LogP contribution in [0.25, 0.3) is 5.82 Å². The predicted octanol–water partition coefficient (Wildman–Crippen LogP) is 3.54. The average molecular weight is 314 g/mol. The Morgan fingerprint density at radius 3 is 2.59 bits per heavy atom. The minimum atomic E-state index is 0.569. The van der Waals surface area contributed by atoms with Gasteiger partial charge in [0.1, 0.15) is 0 Å². The molecule has 0 aliphatic carbocycles. The van der Waals surface area contributed by atoms with Crippen LogP contribution in [0.2, 0.25) is 5.02 Å². The van der Waals surface area contributed by atoms with Crippen molar-refractivity contribution in [2.75, 3.05) is 5.32 Å². The molecule has 1 aromatic carbocycles. The van der Waals surface area contributed by atoms with Gasteiger partial charge in [-0.2, -0.15) is 10.1 Å². The molecule has 22 heavy (non-hydrogen) atoms. The number of benzene rings is 1. The first-order valence-corrected chi connectivity index (χ1v) is 7.34. The summed E-state index contributed by atoms with van der Waals surface area (Å²) >= 11 is 5.88. The number of anilines is 1. The molecule has 0 unspecified atom stereocenters. The van der Waals surface area contributed by atoms with Gasteiger partial charge in [0.2, 0.25) is 5.95 Å². The highest BCUT2D eigenvalue weighted by molar-refractivity contribution is 6.30. The molecule has 0 saturated heterocycles. The smallest absolute Gasteiger partial charge is 0.224 e. The van der Waals surface area contributed by atoms with E-state index in [4.69, 9.17) is 11.6 Å². The van der Waals surface area contributed by atoms with Crippen molar-refractivity contribution in [2.24, 2.45) is 0 Å². The van der Waals surface area contributed by atoms with Gasteiger partial charge in [-0.3, -0.25) is 0 Å². The Hall–Kier alpha value is -2.40. The fraction of sp³-hybridized carbons (Fsp3) is 0.188. The van der Waals surface area contributed by atoms with Crippen molar-refractivity contribution in [3.05, 3.63) is 64.6 Å². The van der Waals surface area contributed by atoms with Crippen molar-refractivity contribution < 1.29 is 0 Å². The summed E-state index contributed by atoms with van der Waals surface area (Å²) in [4.78, 5) is 8.75. The van der Waals surface area contributed by atoms with Gasteiger partial charge < -0.3 is 5.32 Å². The number of nitrogens with one attached hydrogen (secondary N) is 1. The third-order valence-electron chi connectivity index (χ3n) is 3.23. The van der Waals surface area contributed by atoms with Crippen LogP contribution in [0.5, 0.6) is 0 Å². The zero-order valence-corrected chi connectivity index (χ0v) is 13.2. The Kier molecular flexibility index (Phi) is 4.06. The van der Waals surface area contributed by atoms with Gasteiger partial charge in [-0.1, -0.05) is 23.7 Å². The van der Waals surface area contributed by atoms with Gasteiger partial charge in [0, 0.05) is 29.5 Å². The molecule has 0 radical (unpaired) electrons. The lowest BCUT2D eigenvalue weighted by Crippen LogP contribution is -2.07. The lowest BCUT2D eigenvalue weighted by atomic mass is 10.2. The third-order valence-corrected chi connectivity index (χ3v) is 3.48. The van der Waals surface area contributed by atoms with Crippen LogP contribution < -0.4 is 5.32 Å². The zero-order chi connectivity index (χ0) is 15.5. The fourth-order valence-corrected chi connectivity index (χ4v) is 2.32. The van der Waals surface area contributed by atoms with Crippen LogP contribution in [0, 0.1) is 13.8 Å². The molecule has 2 aromatic heterocycles. The predicted molar refractivity (Wildman–Crippen MR) is 87.4 cm³/mol. The van der Waals surface area contributed by atoms with E-state index < -0.39 is 0 Å². The average Bonchev–Trinajstić information content (AvgIpc) is 2.86. The lowest BCUT2D eigenvalue weighted by Gasteiger charge is -2.07. The first kappa shape index (κ1) is 14.5. The van der Waals surface area contributed by atoms with Crippen molar-refractivity contribution in [1.82, 2.24) is 19.7 Å². The van der Waals surface area contributed by atoms with Crippen LogP contribution in [0.15, 0.2) is 42.6 Å². The third kappa shape index (κ3) is 3.26. The number of hydrogen-bond donors (Lipinski definition) is 1. The van der Waals surface area contributed by atoms with E-state index in [0.717, 1.165) is 27.8 Å². The van der Waals surface area contributed by atoms with Crippen molar-refractivity contribution in [2.45, 2.75) is 20.4 Å². The van der Waals surface area contributed by atoms with Crippen molar-refractivity contribution >= 4 is 17.5 Å². The molecular formula is C16H16ClN5. The molecule has 0 spiro atoms. The summed E-state index contributed by atoms with van der Waals surface area (Å²) in [5, 5.41) is 8.37. The number of aryl methyl sites for hydroxylation is 2. The van der Waals surface area contributed by atoms with E-state index in [1.54, 1.807) is 6.20 Å². The van der Waals surface area contributed by atoms with Crippen LogP contribution >= 0.6 is 11.6 Å². The van der Waals surface area contributed by atoms with Crippen LogP contribution in [0.1, 0.15) is 17.0 Å². The minimum Gasteiger partial charge on any atom is -0.350 e. The van der Waals surface area contributed by atoms with E-state index in [1.807, 2.05) is 54.9 Å². The number of aromatic nitrogens is 4. The number of rotatable bonds is 4. The second-order valence-electron chi connectivity index (χ2n) is 5.06. The van der Waals surface area contributed by atoms with Gasteiger partial charge in [0.15, 0.2) is 5.82 Å². The zero-order valence-electron chi connectivity index (χ0n) is 12.4. The second kappa shape index (κ2) is 6.15. The lowest BCUT2D eigenvalue weighted by molar-refractivity contribution is 0.800. The normalized spacial score (nSPS) is 10.7. The molecule has 0 aliphatic rings. The highest BCUT2D eigenvalue weighted by atomic mass is 35.5. The van der Waals surface area contributed by atoms with Gasteiger partial charge in [0.25, 0.3) is 0 Å². The molecule has 3 rings (SSSR count). The maximum absolute atomic E-state index is 5.88. The number of hydrogen-bond acceptors (Lipinski definition) is 4. The molecular weight excluding hydrogens is 298 g/mol. The summed E-state index contributed by atoms with van der Waals surface area (Å²) in [7, 11) is 0. The maximum Gasteiger partial charge on any atom is 0.224 e. The first-order chi connectivity index (χ1) is 10.6. The largest absolute Gasteiger partial charge is 0.350 e. The summed E-state index contributed by atoms with van der Waals surface area (Å²) in [5.41, 5.74) is 3.12. The molecule has 0 amide bonds. The molecule has 3 aromatic rings. The molecule has 0 bridgehead atoms. The molecule has 0 fully saturated rings. The number of halogens is 1. The molecule has 112 valence electrons. The Labute approximate surface area is 134 Å². The molecule has 1 N–H and O–H groups in total. The topological polar surface area (TPSA) is 55.6 Å². The SMILES string of the molecule is Cc1cc(C)n(-c2ccnc(NCc3ccc(Cl)cc3)n2)n1. The number of nitrogens with zero attached hydrogens (tertiary/aromatic N) is 4. The molecule has 5 nitrogen and oxygen atoms in total. The fourth-order valence-electron chi connectivity index (χ4n) is 2.20. The molecule has 0 atom stereocenters. The standard InChI is InChI=1S/C16H16ClN5/c1-11-9-12(2)22(21-11)15-7-8-18-16(20-15)19-10-13-3-5-14(17)6-4-13/h3-9H,10H2,1-2H3,(H,18,19,20). The monoisotopic (exact) mass is 313 g/mol.